The zero-order valence-electron chi connectivity index (χ0n) is 27.0. The van der Waals surface area contributed by atoms with E-state index in [0.717, 1.165) is 32.1 Å². The predicted molar refractivity (Wildman–Crippen MR) is 165 cm³/mol. The highest BCUT2D eigenvalue weighted by molar-refractivity contribution is 7.31. The van der Waals surface area contributed by atoms with Gasteiger partial charge in [0.25, 0.3) is 0 Å². The van der Waals surface area contributed by atoms with Crippen LogP contribution in [0.2, 0.25) is 0 Å². The van der Waals surface area contributed by atoms with Crippen molar-refractivity contribution in [3.63, 3.8) is 0 Å². The number of nitrogens with one attached hydrogen (secondary N) is 2. The van der Waals surface area contributed by atoms with Gasteiger partial charge in [-0.3, -0.25) is 24.1 Å². The third kappa shape index (κ3) is 8.25. The van der Waals surface area contributed by atoms with Crippen LogP contribution in [-0.4, -0.2) is 127 Å². The van der Waals surface area contributed by atoms with Gasteiger partial charge in [-0.2, -0.15) is 0 Å². The van der Waals surface area contributed by atoms with Crippen molar-refractivity contribution in [3.8, 4) is 0 Å². The molecular weight excluding hydrogens is 573 g/mol. The molecule has 4 amide bonds. The van der Waals surface area contributed by atoms with Gasteiger partial charge in [0.15, 0.2) is 0 Å². The average Bonchev–Trinajstić information content (AvgIpc) is 3.75. The van der Waals surface area contributed by atoms with E-state index in [9.17, 15) is 19.2 Å². The molecule has 0 radical (unpaired) electrons. The lowest BCUT2D eigenvalue weighted by Crippen LogP contribution is -2.55. The molecule has 0 aromatic carbocycles. The van der Waals surface area contributed by atoms with Crippen LogP contribution in [0.3, 0.4) is 0 Å². The minimum atomic E-state index is -0.558. The van der Waals surface area contributed by atoms with Gasteiger partial charge >= 0.3 is 0 Å². The third-order valence-electron chi connectivity index (χ3n) is 10.2. The van der Waals surface area contributed by atoms with Crippen molar-refractivity contribution in [1.82, 2.24) is 25.3 Å². The molecule has 0 spiro atoms. The Hall–Kier alpha value is -1.85. The lowest BCUT2D eigenvalue weighted by atomic mass is 9.90. The van der Waals surface area contributed by atoms with Gasteiger partial charge < -0.3 is 34.8 Å². The van der Waals surface area contributed by atoms with Crippen LogP contribution < -0.4 is 10.6 Å². The molecule has 3 N–H and O–H groups in total. The molecule has 3 rings (SSSR count). The van der Waals surface area contributed by atoms with Crippen molar-refractivity contribution >= 4 is 32.4 Å². The maximum absolute atomic E-state index is 13.8. The van der Waals surface area contributed by atoms with E-state index < -0.39 is 18.1 Å². The van der Waals surface area contributed by atoms with Crippen molar-refractivity contribution in [1.29, 1.82) is 0 Å². The Morgan fingerprint density at radius 3 is 2.40 bits per heavy atom. The van der Waals surface area contributed by atoms with Crippen molar-refractivity contribution in [2.24, 2.45) is 17.8 Å². The number of carbonyl (C=O) groups excluding carboxylic acids is 4. The predicted octanol–water partition coefficient (Wildman–Crippen LogP) is 1.17. The van der Waals surface area contributed by atoms with Crippen LogP contribution >= 0.6 is 8.81 Å². The lowest BCUT2D eigenvalue weighted by Gasteiger charge is -2.39. The number of piperidine rings is 1. The number of hydrogen-bond acceptors (Lipinski definition) is 8. The van der Waals surface area contributed by atoms with E-state index in [1.807, 2.05) is 20.9 Å². The number of carbonyl (C=O) groups is 4. The molecule has 43 heavy (non-hydrogen) atoms. The molecule has 13 heteroatoms. The smallest absolute Gasteiger partial charge is 0.242 e. The summed E-state index contributed by atoms with van der Waals surface area (Å²) in [6, 6.07) is -0.375. The first-order chi connectivity index (χ1) is 20.5. The van der Waals surface area contributed by atoms with Crippen LogP contribution in [0, 0.1) is 17.8 Å². The Kier molecular flexibility index (Phi) is 13.6. The molecule has 2 heterocycles. The molecule has 2 aliphatic heterocycles. The zero-order chi connectivity index (χ0) is 31.8. The maximum atomic E-state index is 13.8. The summed E-state index contributed by atoms with van der Waals surface area (Å²) < 4.78 is 11.6. The largest absolute Gasteiger partial charge is 0.379 e. The molecule has 246 valence electrons. The first kappa shape index (κ1) is 35.6. The topological polar surface area (TPSA) is 141 Å². The van der Waals surface area contributed by atoms with Crippen LogP contribution in [0.5, 0.6) is 0 Å². The average molecular weight is 628 g/mol. The molecule has 0 aromatic rings. The van der Waals surface area contributed by atoms with Gasteiger partial charge in [-0.1, -0.05) is 27.2 Å². The number of nitrogens with zero attached hydrogens (tertiary/aromatic N) is 3. The minimum absolute atomic E-state index is 0.0381. The van der Waals surface area contributed by atoms with Gasteiger partial charge in [-0.05, 0) is 51.0 Å². The molecule has 2 saturated heterocycles. The van der Waals surface area contributed by atoms with Gasteiger partial charge in [0, 0.05) is 42.7 Å². The maximum Gasteiger partial charge on any atom is 0.242 e. The zero-order valence-corrected chi connectivity index (χ0v) is 28.0. The fraction of sp³-hybridized carbons (Fsp3) is 0.867. The number of fused-ring (bicyclic) bond motifs is 2. The van der Waals surface area contributed by atoms with Gasteiger partial charge in [0.1, 0.15) is 0 Å². The summed E-state index contributed by atoms with van der Waals surface area (Å²) >= 11 is 0. The standard InChI is InChI=1S/C30H54N5O7P/c1-8-18(2)26(34(5)25(37)16-31-30(39)27-20-11-12-21(14-20)33(27)4)23(41-6)15-24(36)35-13-9-10-22(35)28(42-7)19(3)29(38)32-17-43-40/h18-23,26-28,40,43H,8-17H2,1-7H3,(H,31,39)(H,32,38). The SMILES string of the molecule is CCC(C)C(C(CC(=O)N1CCCC1C(OC)C(C)C(=O)NCPO)OC)N(C)C(=O)CNC(=O)C1C2CCC(C2)N1C. The van der Waals surface area contributed by atoms with Crippen LogP contribution in [0.25, 0.3) is 0 Å². The molecule has 12 nitrogen and oxygen atoms in total. The Bertz CT molecular complexity index is 971. The molecule has 1 saturated carbocycles. The van der Waals surface area contributed by atoms with Gasteiger partial charge in [0.05, 0.1) is 55.5 Å². The fourth-order valence-corrected chi connectivity index (χ4v) is 7.87. The molecule has 10 unspecified atom stereocenters. The van der Waals surface area contributed by atoms with Crippen molar-refractivity contribution in [2.75, 3.05) is 47.7 Å². The van der Waals surface area contributed by atoms with Crippen LogP contribution in [0.15, 0.2) is 0 Å². The highest BCUT2D eigenvalue weighted by atomic mass is 31.1. The summed E-state index contributed by atoms with van der Waals surface area (Å²) in [5, 5.41) is 5.59. The van der Waals surface area contributed by atoms with E-state index in [2.05, 4.69) is 15.5 Å². The number of hydrogen-bond donors (Lipinski definition) is 3. The minimum Gasteiger partial charge on any atom is -0.379 e. The monoisotopic (exact) mass is 627 g/mol. The summed E-state index contributed by atoms with van der Waals surface area (Å²) in [6.07, 6.45) is 4.72. The van der Waals surface area contributed by atoms with Crippen molar-refractivity contribution in [3.05, 3.63) is 0 Å². The highest BCUT2D eigenvalue weighted by Gasteiger charge is 2.47. The molecule has 3 aliphatic rings. The number of likely N-dealkylation sites (N-methyl/N-ethyl adjacent to an activating group) is 2. The highest BCUT2D eigenvalue weighted by Crippen LogP contribution is 2.41. The first-order valence-electron chi connectivity index (χ1n) is 15.7. The Balaban J connectivity index is 1.66. The van der Waals surface area contributed by atoms with Crippen LogP contribution in [0.4, 0.5) is 0 Å². The first-order valence-corrected chi connectivity index (χ1v) is 16.9. The molecular formula is C30H54N5O7P. The van der Waals surface area contributed by atoms with E-state index >= 15 is 0 Å². The molecule has 1 aliphatic carbocycles. The Morgan fingerprint density at radius 2 is 1.81 bits per heavy atom. The van der Waals surface area contributed by atoms with Crippen molar-refractivity contribution in [2.45, 2.75) is 102 Å². The molecule has 10 atom stereocenters. The van der Waals surface area contributed by atoms with Crippen molar-refractivity contribution < 1.29 is 33.5 Å². The fourth-order valence-electron chi connectivity index (χ4n) is 7.61. The number of amides is 4. The summed E-state index contributed by atoms with van der Waals surface area (Å²) in [5.74, 6) is -0.769. The van der Waals surface area contributed by atoms with Crippen LogP contribution in [0.1, 0.15) is 65.7 Å². The normalized spacial score (nSPS) is 27.2. The van der Waals surface area contributed by atoms with E-state index in [0.29, 0.717) is 24.9 Å². The second-order valence-electron chi connectivity index (χ2n) is 12.6. The third-order valence-corrected chi connectivity index (χ3v) is 10.6. The van der Waals surface area contributed by atoms with Gasteiger partial charge in [0.2, 0.25) is 23.6 Å². The molecule has 3 fully saturated rings. The van der Waals surface area contributed by atoms with Gasteiger partial charge in [-0.15, -0.1) is 0 Å². The quantitative estimate of drug-likeness (QED) is 0.217. The second-order valence-corrected chi connectivity index (χ2v) is 13.2. The lowest BCUT2D eigenvalue weighted by molar-refractivity contribution is -0.145. The van der Waals surface area contributed by atoms with E-state index in [1.54, 1.807) is 38.0 Å². The van der Waals surface area contributed by atoms with E-state index in [4.69, 9.17) is 14.4 Å². The second kappa shape index (κ2) is 16.5. The summed E-state index contributed by atoms with van der Waals surface area (Å²) in [6.45, 7) is 6.31. The summed E-state index contributed by atoms with van der Waals surface area (Å²) in [5.41, 5.74) is 0. The van der Waals surface area contributed by atoms with E-state index in [1.165, 1.54) is 0 Å². The number of rotatable bonds is 16. The molecule has 2 bridgehead atoms. The molecule has 0 aromatic heterocycles. The Morgan fingerprint density at radius 1 is 1.09 bits per heavy atom. The van der Waals surface area contributed by atoms with Gasteiger partial charge in [-0.25, -0.2) is 0 Å². The summed E-state index contributed by atoms with van der Waals surface area (Å²) in [4.78, 5) is 67.5. The van der Waals surface area contributed by atoms with E-state index in [-0.39, 0.29) is 75.7 Å². The summed E-state index contributed by atoms with van der Waals surface area (Å²) in [7, 11) is 6.45. The van der Waals surface area contributed by atoms with Crippen LogP contribution in [-0.2, 0) is 28.7 Å². The number of methoxy groups -OCH3 is 2. The number of likely N-dealkylation sites (tertiary alicyclic amines) is 2. The Labute approximate surface area is 258 Å². The number of ether oxygens (including phenoxy) is 2.